The second kappa shape index (κ2) is 5.60. The highest BCUT2D eigenvalue weighted by atomic mass is 19.1. The summed E-state index contributed by atoms with van der Waals surface area (Å²) < 4.78 is 13.6. The van der Waals surface area contributed by atoms with Gasteiger partial charge in [0.15, 0.2) is 0 Å². The summed E-state index contributed by atoms with van der Waals surface area (Å²) >= 11 is 0. The van der Waals surface area contributed by atoms with Gasteiger partial charge >= 0.3 is 5.97 Å². The average molecular weight is 299 g/mol. The van der Waals surface area contributed by atoms with Gasteiger partial charge in [0.25, 0.3) is 5.91 Å². The van der Waals surface area contributed by atoms with Crippen LogP contribution in [0.1, 0.15) is 44.3 Å². The molecule has 22 heavy (non-hydrogen) atoms. The van der Waals surface area contributed by atoms with Crippen LogP contribution in [-0.2, 0) is 6.42 Å². The molecule has 1 unspecified atom stereocenters. The number of hydrogen-bond donors (Lipinski definition) is 2. The molecular weight excluding hydrogens is 285 g/mol. The lowest BCUT2D eigenvalue weighted by molar-refractivity contribution is 0.0696. The Balaban J connectivity index is 1.84. The van der Waals surface area contributed by atoms with Gasteiger partial charge in [-0.05, 0) is 48.2 Å². The number of carbonyl (C=O) groups is 2. The minimum Gasteiger partial charge on any atom is -0.478 e. The molecule has 0 radical (unpaired) electrons. The van der Waals surface area contributed by atoms with Crippen LogP contribution in [0, 0.1) is 5.82 Å². The van der Waals surface area contributed by atoms with E-state index in [0.29, 0.717) is 6.42 Å². The second-order valence-electron chi connectivity index (χ2n) is 5.26. The Morgan fingerprint density at radius 2 is 1.95 bits per heavy atom. The highest BCUT2D eigenvalue weighted by Crippen LogP contribution is 2.32. The molecule has 0 saturated carbocycles. The van der Waals surface area contributed by atoms with Crippen LogP contribution >= 0.6 is 0 Å². The summed E-state index contributed by atoms with van der Waals surface area (Å²) in [6.45, 7) is 0. The third kappa shape index (κ3) is 2.57. The fraction of sp³-hybridized carbons (Fsp3) is 0.176. The van der Waals surface area contributed by atoms with Crippen molar-refractivity contribution in [3.8, 4) is 0 Å². The van der Waals surface area contributed by atoms with Gasteiger partial charge in [-0.25, -0.2) is 9.18 Å². The van der Waals surface area contributed by atoms with Crippen molar-refractivity contribution < 1.29 is 19.1 Å². The number of amides is 1. The van der Waals surface area contributed by atoms with Crippen molar-refractivity contribution >= 4 is 11.9 Å². The molecule has 1 aliphatic rings. The predicted molar refractivity (Wildman–Crippen MR) is 78.3 cm³/mol. The molecule has 1 atom stereocenters. The predicted octanol–water partition coefficient (Wildman–Crippen LogP) is 2.94. The minimum absolute atomic E-state index is 0.00895. The third-order valence-corrected chi connectivity index (χ3v) is 3.89. The van der Waals surface area contributed by atoms with Crippen molar-refractivity contribution in [2.75, 3.05) is 0 Å². The van der Waals surface area contributed by atoms with Crippen molar-refractivity contribution in [1.82, 2.24) is 5.32 Å². The van der Waals surface area contributed by atoms with E-state index < -0.39 is 17.7 Å². The number of benzene rings is 2. The molecule has 1 aliphatic carbocycles. The zero-order valence-corrected chi connectivity index (χ0v) is 11.7. The topological polar surface area (TPSA) is 66.4 Å². The van der Waals surface area contributed by atoms with Gasteiger partial charge in [-0.15, -0.1) is 0 Å². The van der Waals surface area contributed by atoms with E-state index in [-0.39, 0.29) is 17.2 Å². The maximum Gasteiger partial charge on any atom is 0.335 e. The fourth-order valence-corrected chi connectivity index (χ4v) is 2.77. The number of nitrogens with one attached hydrogen (secondary N) is 1. The number of carboxylic acid groups (broad SMARTS) is 1. The Morgan fingerprint density at radius 1 is 1.18 bits per heavy atom. The van der Waals surface area contributed by atoms with Gasteiger partial charge in [0.2, 0.25) is 0 Å². The van der Waals surface area contributed by atoms with Gasteiger partial charge in [0.1, 0.15) is 5.82 Å². The van der Waals surface area contributed by atoms with E-state index in [0.717, 1.165) is 17.5 Å². The molecular formula is C17H14FNO3. The van der Waals surface area contributed by atoms with E-state index in [1.165, 1.54) is 18.2 Å². The van der Waals surface area contributed by atoms with Gasteiger partial charge < -0.3 is 10.4 Å². The molecule has 0 saturated heterocycles. The number of carbonyl (C=O) groups excluding carboxylic acids is 1. The second-order valence-corrected chi connectivity index (χ2v) is 5.26. The first kappa shape index (κ1) is 14.3. The first-order valence-electron chi connectivity index (χ1n) is 6.98. The molecule has 2 aromatic carbocycles. The smallest absolute Gasteiger partial charge is 0.335 e. The van der Waals surface area contributed by atoms with Crippen LogP contribution in [0.4, 0.5) is 4.39 Å². The molecule has 0 fully saturated rings. The Bertz CT molecular complexity index is 757. The fourth-order valence-electron chi connectivity index (χ4n) is 2.77. The Labute approximate surface area is 126 Å². The molecule has 2 N–H and O–H groups in total. The largest absolute Gasteiger partial charge is 0.478 e. The highest BCUT2D eigenvalue weighted by Gasteiger charge is 2.26. The van der Waals surface area contributed by atoms with E-state index in [9.17, 15) is 14.0 Å². The summed E-state index contributed by atoms with van der Waals surface area (Å²) in [7, 11) is 0. The quantitative estimate of drug-likeness (QED) is 0.915. The van der Waals surface area contributed by atoms with Crippen LogP contribution in [0.3, 0.4) is 0 Å². The monoisotopic (exact) mass is 299 g/mol. The molecule has 4 nitrogen and oxygen atoms in total. The van der Waals surface area contributed by atoms with E-state index in [2.05, 4.69) is 5.32 Å². The van der Waals surface area contributed by atoms with Crippen molar-refractivity contribution in [1.29, 1.82) is 0 Å². The first-order valence-corrected chi connectivity index (χ1v) is 6.98. The van der Waals surface area contributed by atoms with Gasteiger partial charge in [-0.2, -0.15) is 0 Å². The summed E-state index contributed by atoms with van der Waals surface area (Å²) in [6, 6.07) is 10.4. The number of fused-ring (bicyclic) bond motifs is 1. The maximum absolute atomic E-state index is 13.6. The van der Waals surface area contributed by atoms with Crippen LogP contribution in [0.15, 0.2) is 42.5 Å². The molecule has 0 bridgehead atoms. The van der Waals surface area contributed by atoms with Gasteiger partial charge in [0, 0.05) is 0 Å². The lowest BCUT2D eigenvalue weighted by Gasteiger charge is -2.15. The lowest BCUT2D eigenvalue weighted by Crippen LogP contribution is -2.28. The Hall–Kier alpha value is -2.69. The summed E-state index contributed by atoms with van der Waals surface area (Å²) in [5, 5.41) is 11.8. The Kier molecular flexibility index (Phi) is 3.63. The zero-order chi connectivity index (χ0) is 15.7. The number of aryl methyl sites for hydroxylation is 1. The van der Waals surface area contributed by atoms with Crippen molar-refractivity contribution in [3.05, 3.63) is 70.5 Å². The minimum atomic E-state index is -1.01. The number of aromatic carboxylic acids is 1. The number of hydrogen-bond acceptors (Lipinski definition) is 2. The van der Waals surface area contributed by atoms with E-state index in [1.807, 2.05) is 0 Å². The molecule has 5 heteroatoms. The highest BCUT2D eigenvalue weighted by molar-refractivity contribution is 5.95. The number of carboxylic acids is 1. The van der Waals surface area contributed by atoms with E-state index in [4.69, 9.17) is 5.11 Å². The molecule has 112 valence electrons. The summed E-state index contributed by atoms with van der Waals surface area (Å²) in [5.41, 5.74) is 1.99. The molecule has 2 aromatic rings. The summed E-state index contributed by atoms with van der Waals surface area (Å²) in [4.78, 5) is 23.2. The third-order valence-electron chi connectivity index (χ3n) is 3.89. The summed E-state index contributed by atoms with van der Waals surface area (Å²) in [6.07, 6.45) is 1.44. The van der Waals surface area contributed by atoms with Crippen molar-refractivity contribution in [2.24, 2.45) is 0 Å². The number of rotatable bonds is 3. The molecule has 0 heterocycles. The maximum atomic E-state index is 13.6. The SMILES string of the molecule is O=C(O)c1ccc2c(c1)C(NC(=O)c1ccccc1F)CC2. The normalized spacial score (nSPS) is 16.1. The molecule has 0 aliphatic heterocycles. The number of halogens is 1. The first-order chi connectivity index (χ1) is 10.6. The van der Waals surface area contributed by atoms with Gasteiger partial charge in [-0.3, -0.25) is 4.79 Å². The van der Waals surface area contributed by atoms with Crippen molar-refractivity contribution in [3.63, 3.8) is 0 Å². The Morgan fingerprint density at radius 3 is 2.68 bits per heavy atom. The zero-order valence-electron chi connectivity index (χ0n) is 11.7. The lowest BCUT2D eigenvalue weighted by atomic mass is 10.0. The van der Waals surface area contributed by atoms with Crippen LogP contribution in [-0.4, -0.2) is 17.0 Å². The van der Waals surface area contributed by atoms with Crippen LogP contribution in [0.2, 0.25) is 0 Å². The van der Waals surface area contributed by atoms with Gasteiger partial charge in [-0.1, -0.05) is 18.2 Å². The molecule has 1 amide bonds. The van der Waals surface area contributed by atoms with Crippen LogP contribution in [0.25, 0.3) is 0 Å². The summed E-state index contributed by atoms with van der Waals surface area (Å²) in [5.74, 6) is -2.07. The molecule has 0 spiro atoms. The van der Waals surface area contributed by atoms with E-state index >= 15 is 0 Å². The molecule has 3 rings (SSSR count). The molecule has 0 aromatic heterocycles. The van der Waals surface area contributed by atoms with Crippen molar-refractivity contribution in [2.45, 2.75) is 18.9 Å². The van der Waals surface area contributed by atoms with E-state index in [1.54, 1.807) is 24.3 Å². The van der Waals surface area contributed by atoms with Crippen LogP contribution in [0.5, 0.6) is 0 Å². The standard InChI is InChI=1S/C17H14FNO3/c18-14-4-2-1-3-12(14)16(20)19-15-8-7-10-5-6-11(17(21)22)9-13(10)15/h1-6,9,15H,7-8H2,(H,19,20)(H,21,22). The van der Waals surface area contributed by atoms with Crippen LogP contribution < -0.4 is 5.32 Å². The average Bonchev–Trinajstić information content (AvgIpc) is 2.90. The van der Waals surface area contributed by atoms with Gasteiger partial charge in [0.05, 0.1) is 17.2 Å².